The molecule has 398 valence electrons. The number of benzene rings is 2. The van der Waals surface area contributed by atoms with Gasteiger partial charge in [0.25, 0.3) is 0 Å². The van der Waals surface area contributed by atoms with Crippen LogP contribution in [-0.2, 0) is 74.8 Å². The van der Waals surface area contributed by atoms with Crippen LogP contribution in [0.15, 0.2) is 105 Å². The number of carboxylic acid groups (broad SMARTS) is 2. The van der Waals surface area contributed by atoms with Crippen molar-refractivity contribution in [3.63, 3.8) is 0 Å². The molecule has 3 N–H and O–H groups in total. The first-order valence-electron chi connectivity index (χ1n) is 24.4. The minimum atomic E-state index is -1.17. The number of rotatable bonds is 28. The predicted octanol–water partition coefficient (Wildman–Crippen LogP) is 6.11. The fourth-order valence-corrected chi connectivity index (χ4v) is 8.97. The number of hydrogen-bond acceptors (Lipinski definition) is 16. The molecule has 0 bridgehead atoms. The maximum atomic E-state index is 13.6. The average molecular weight is 1030 g/mol. The summed E-state index contributed by atoms with van der Waals surface area (Å²) < 4.78 is 46.2. The lowest BCUT2D eigenvalue weighted by Gasteiger charge is -2.27. The number of hydrogen-bond donors (Lipinski definition) is 3. The van der Waals surface area contributed by atoms with E-state index in [1.807, 2.05) is 51.1 Å². The van der Waals surface area contributed by atoms with Gasteiger partial charge in [-0.3, -0.25) is 19.2 Å². The zero-order chi connectivity index (χ0) is 53.9. The molecule has 0 heterocycles. The van der Waals surface area contributed by atoms with Crippen LogP contribution >= 0.6 is 0 Å². The molecule has 18 heteroatoms. The molecule has 0 amide bonds. The van der Waals surface area contributed by atoms with E-state index in [-0.39, 0.29) is 83.1 Å². The molecular weight excluding hydrogens is 961 g/mol. The van der Waals surface area contributed by atoms with Crippen LogP contribution < -0.4 is 9.47 Å². The third-order valence-electron chi connectivity index (χ3n) is 13.2. The number of carbonyl (C=O) groups excluding carboxylic acids is 5. The quantitative estimate of drug-likeness (QED) is 0.0376. The second kappa shape index (κ2) is 28.2. The Balaban J connectivity index is 1.43. The van der Waals surface area contributed by atoms with Crippen LogP contribution in [-0.4, -0.2) is 121 Å². The van der Waals surface area contributed by atoms with Gasteiger partial charge in [0, 0.05) is 36.5 Å². The zero-order valence-corrected chi connectivity index (χ0v) is 41.9. The van der Waals surface area contributed by atoms with Gasteiger partial charge in [0.05, 0.1) is 36.4 Å². The van der Waals surface area contributed by atoms with Crippen LogP contribution in [0.25, 0.3) is 0 Å². The summed E-state index contributed by atoms with van der Waals surface area (Å²) in [5.41, 5.74) is 3.78. The maximum absolute atomic E-state index is 13.6. The van der Waals surface area contributed by atoms with E-state index in [1.165, 1.54) is 0 Å². The molecule has 0 radical (unpaired) electrons. The van der Waals surface area contributed by atoms with Crippen molar-refractivity contribution in [1.29, 1.82) is 0 Å². The Morgan fingerprint density at radius 1 is 0.608 bits per heavy atom. The molecule has 0 saturated carbocycles. The van der Waals surface area contributed by atoms with Gasteiger partial charge in [-0.2, -0.15) is 0 Å². The van der Waals surface area contributed by atoms with E-state index in [2.05, 4.69) is 19.7 Å². The van der Waals surface area contributed by atoms with Crippen molar-refractivity contribution < 1.29 is 86.8 Å². The number of ether oxygens (including phenoxy) is 8. The lowest BCUT2D eigenvalue weighted by Crippen LogP contribution is -2.38. The van der Waals surface area contributed by atoms with Crippen molar-refractivity contribution in [2.75, 3.05) is 39.6 Å². The van der Waals surface area contributed by atoms with Crippen molar-refractivity contribution in [3.8, 4) is 11.5 Å². The monoisotopic (exact) mass is 1030 g/mol. The highest BCUT2D eigenvalue weighted by Gasteiger charge is 2.38. The normalized spacial score (nSPS) is 22.0. The summed E-state index contributed by atoms with van der Waals surface area (Å²) in [4.78, 5) is 87.0. The molecule has 18 nitrogen and oxygen atoms in total. The molecule has 3 aliphatic rings. The van der Waals surface area contributed by atoms with E-state index in [1.54, 1.807) is 36.4 Å². The summed E-state index contributed by atoms with van der Waals surface area (Å²) in [6.07, 6.45) is 11.5. The molecule has 10 atom stereocenters. The van der Waals surface area contributed by atoms with Gasteiger partial charge in [-0.15, -0.1) is 0 Å². The van der Waals surface area contributed by atoms with Gasteiger partial charge in [-0.05, 0) is 79.8 Å². The van der Waals surface area contributed by atoms with Gasteiger partial charge in [0.2, 0.25) is 0 Å². The largest absolute Gasteiger partial charge is 0.489 e. The maximum Gasteiger partial charge on any atom is 0.330 e. The van der Waals surface area contributed by atoms with E-state index in [0.717, 1.165) is 34.9 Å². The molecule has 0 saturated heterocycles. The Hall–Kier alpha value is -7.31. The molecule has 10 unspecified atom stereocenters. The summed E-state index contributed by atoms with van der Waals surface area (Å²) in [7, 11) is 0. The van der Waals surface area contributed by atoms with Crippen molar-refractivity contribution in [3.05, 3.63) is 133 Å². The van der Waals surface area contributed by atoms with Crippen molar-refractivity contribution in [2.45, 2.75) is 83.7 Å². The van der Waals surface area contributed by atoms with Crippen LogP contribution in [0.5, 0.6) is 11.5 Å². The molecule has 2 aromatic rings. The average Bonchev–Trinajstić information content (AvgIpc) is 3.75. The highest BCUT2D eigenvalue weighted by Crippen LogP contribution is 2.37. The lowest BCUT2D eigenvalue weighted by molar-refractivity contribution is -0.167. The Bertz CT molecular complexity index is 2470. The Labute approximate surface area is 430 Å². The number of aliphatic hydroxyl groups is 1. The first kappa shape index (κ1) is 57.6. The third kappa shape index (κ3) is 16.3. The fraction of sp³-hybridized carbons (Fsp3) is 0.446. The van der Waals surface area contributed by atoms with Crippen LogP contribution in [0, 0.1) is 49.4 Å². The first-order valence-corrected chi connectivity index (χ1v) is 24.4. The number of aliphatic carboxylic acids is 2. The molecule has 74 heavy (non-hydrogen) atoms. The van der Waals surface area contributed by atoms with Crippen LogP contribution in [0.1, 0.15) is 60.4 Å². The van der Waals surface area contributed by atoms with E-state index in [9.17, 15) is 48.9 Å². The second-order valence-electron chi connectivity index (χ2n) is 18.3. The van der Waals surface area contributed by atoms with E-state index in [0.29, 0.717) is 29.0 Å². The smallest absolute Gasteiger partial charge is 0.330 e. The van der Waals surface area contributed by atoms with E-state index >= 15 is 0 Å². The highest BCUT2D eigenvalue weighted by atomic mass is 16.6. The van der Waals surface area contributed by atoms with E-state index in [4.69, 9.17) is 37.9 Å². The standard InChI is InChI=1S/C56H66O18/c1-7-48(58)68-27-40(57)28-71-51-33(4)21-22-38(51)26-37-23-24-39(52(35(37)6)72-32-42(31-70-50(60)9-3)74-56(66)46-19-13-11-17-44(46)54(63)64)25-36-15-14-20-47(34(36)5)67-29-41(30-69-49(59)8-2)73-55(65)45-18-12-10-16-43(45)53(61)62/h7-15,20-24,33,38,40-46,51,57H,1-3,16-19,25-32H2,4-6H3,(H,61,62)(H,63,64). The number of allylic oxidation sites excluding steroid dienone is 4. The fourth-order valence-electron chi connectivity index (χ4n) is 8.97. The summed E-state index contributed by atoms with van der Waals surface area (Å²) in [6, 6.07) is 9.24. The van der Waals surface area contributed by atoms with Gasteiger partial charge in [0.15, 0.2) is 12.2 Å². The summed E-state index contributed by atoms with van der Waals surface area (Å²) in [5, 5.41) is 30.2. The minimum absolute atomic E-state index is 0.0205. The molecule has 3 aliphatic carbocycles. The predicted molar refractivity (Wildman–Crippen MR) is 267 cm³/mol. The summed E-state index contributed by atoms with van der Waals surface area (Å²) >= 11 is 0. The van der Waals surface area contributed by atoms with Gasteiger partial charge < -0.3 is 53.2 Å². The topological polar surface area (TPSA) is 254 Å². The number of carboxylic acids is 2. The SMILES string of the molecule is C=CC(=O)OCC(O)COC1C(C)C=CC1Cc1ccc(Cc2cccc(OCC(COC(=O)C=C)OC(=O)C3CC=CCC3C(=O)O)c2C)c(OCC(COC(=O)C=C)OC(=O)C2CC=CCC2C(=O)O)c1C. The number of aliphatic hydroxyl groups excluding tert-OH is 1. The molecule has 0 fully saturated rings. The lowest BCUT2D eigenvalue weighted by atomic mass is 9.83. The highest BCUT2D eigenvalue weighted by molar-refractivity contribution is 5.84. The Morgan fingerprint density at radius 2 is 1.11 bits per heavy atom. The third-order valence-corrected chi connectivity index (χ3v) is 13.2. The van der Waals surface area contributed by atoms with Crippen LogP contribution in [0.3, 0.4) is 0 Å². The summed E-state index contributed by atoms with van der Waals surface area (Å²) in [6.45, 7) is 14.2. The Kier molecular flexibility index (Phi) is 22.0. The minimum Gasteiger partial charge on any atom is -0.489 e. The van der Waals surface area contributed by atoms with Gasteiger partial charge in [-0.25, -0.2) is 14.4 Å². The second-order valence-corrected chi connectivity index (χ2v) is 18.3. The molecule has 0 aromatic heterocycles. The van der Waals surface area contributed by atoms with Crippen molar-refractivity contribution in [1.82, 2.24) is 0 Å². The number of esters is 5. The first-order chi connectivity index (χ1) is 35.4. The van der Waals surface area contributed by atoms with Crippen LogP contribution in [0.2, 0.25) is 0 Å². The van der Waals surface area contributed by atoms with E-state index < -0.39 is 90.4 Å². The molecular formula is C56H66O18. The molecule has 2 aromatic carbocycles. The van der Waals surface area contributed by atoms with Crippen molar-refractivity contribution in [2.24, 2.45) is 35.5 Å². The van der Waals surface area contributed by atoms with Crippen LogP contribution in [0.4, 0.5) is 0 Å². The molecule has 0 spiro atoms. The van der Waals surface area contributed by atoms with Crippen molar-refractivity contribution >= 4 is 41.8 Å². The number of carbonyl (C=O) groups is 7. The summed E-state index contributed by atoms with van der Waals surface area (Å²) in [5.74, 6) is -9.31. The Morgan fingerprint density at radius 3 is 1.64 bits per heavy atom. The van der Waals surface area contributed by atoms with Gasteiger partial charge in [-0.1, -0.05) is 87.4 Å². The van der Waals surface area contributed by atoms with Gasteiger partial charge >= 0.3 is 41.8 Å². The van der Waals surface area contributed by atoms with Gasteiger partial charge in [0.1, 0.15) is 50.6 Å². The zero-order valence-electron chi connectivity index (χ0n) is 41.9. The molecule has 5 rings (SSSR count). The molecule has 0 aliphatic heterocycles.